The number of benzene rings is 2. The number of nitrogens with zero attached hydrogens (tertiary/aromatic N) is 4. The first-order chi connectivity index (χ1) is 13.1. The number of hydrazine groups is 1. The van der Waals surface area contributed by atoms with Crippen molar-refractivity contribution in [1.82, 2.24) is 9.97 Å². The van der Waals surface area contributed by atoms with Crippen LogP contribution < -0.4 is 15.2 Å². The number of para-hydroxylation sites is 2. The van der Waals surface area contributed by atoms with Gasteiger partial charge < -0.3 is 4.74 Å². The smallest absolute Gasteiger partial charge is 0.374 e. The standard InChI is InChI=1S/C19H19N5O3/c1-14(2)27-19-17(24(25)26)18(20-13-21-19)22-23(15-9-5-3-6-10-15)16-11-7-4-8-12-16/h3-14H,1-2H3,(H,20,21,22). The van der Waals surface area contributed by atoms with Gasteiger partial charge in [0.2, 0.25) is 5.82 Å². The lowest BCUT2D eigenvalue weighted by Crippen LogP contribution is -2.26. The van der Waals surface area contributed by atoms with Crippen LogP contribution in [0.15, 0.2) is 67.0 Å². The summed E-state index contributed by atoms with van der Waals surface area (Å²) in [5.74, 6) is -0.0353. The number of aromatic nitrogens is 2. The molecular formula is C19H19N5O3. The average molecular weight is 365 g/mol. The van der Waals surface area contributed by atoms with Crippen molar-refractivity contribution in [3.05, 3.63) is 77.1 Å². The van der Waals surface area contributed by atoms with Gasteiger partial charge in [-0.15, -0.1) is 0 Å². The van der Waals surface area contributed by atoms with Gasteiger partial charge in [0.25, 0.3) is 5.88 Å². The first-order valence-corrected chi connectivity index (χ1v) is 8.39. The van der Waals surface area contributed by atoms with Gasteiger partial charge in [-0.25, -0.2) is 4.98 Å². The fraction of sp³-hybridized carbons (Fsp3) is 0.158. The normalized spacial score (nSPS) is 10.5. The predicted molar refractivity (Wildman–Crippen MR) is 103 cm³/mol. The van der Waals surface area contributed by atoms with Gasteiger partial charge in [-0.1, -0.05) is 36.4 Å². The lowest BCUT2D eigenvalue weighted by molar-refractivity contribution is -0.385. The maximum atomic E-state index is 11.7. The van der Waals surface area contributed by atoms with Crippen LogP contribution in [0.5, 0.6) is 5.88 Å². The number of hydrogen-bond acceptors (Lipinski definition) is 7. The zero-order valence-corrected chi connectivity index (χ0v) is 14.9. The van der Waals surface area contributed by atoms with Crippen LogP contribution in [0.1, 0.15) is 13.8 Å². The summed E-state index contributed by atoms with van der Waals surface area (Å²) in [5, 5.41) is 13.4. The van der Waals surface area contributed by atoms with Gasteiger partial charge in [-0.05, 0) is 38.1 Å². The van der Waals surface area contributed by atoms with E-state index in [4.69, 9.17) is 4.74 Å². The molecule has 0 bridgehead atoms. The molecular weight excluding hydrogens is 346 g/mol. The molecule has 0 saturated carbocycles. The molecule has 0 aliphatic heterocycles. The number of rotatable bonds is 7. The van der Waals surface area contributed by atoms with Crippen LogP contribution in [0.3, 0.4) is 0 Å². The summed E-state index contributed by atoms with van der Waals surface area (Å²) in [6.07, 6.45) is 0.979. The molecule has 3 aromatic rings. The maximum absolute atomic E-state index is 11.7. The molecule has 0 spiro atoms. The number of hydrogen-bond donors (Lipinski definition) is 1. The van der Waals surface area contributed by atoms with Crippen molar-refractivity contribution >= 4 is 22.9 Å². The first kappa shape index (κ1) is 18.1. The van der Waals surface area contributed by atoms with E-state index in [2.05, 4.69) is 15.4 Å². The summed E-state index contributed by atoms with van der Waals surface area (Å²) in [6, 6.07) is 18.9. The monoisotopic (exact) mass is 365 g/mol. The van der Waals surface area contributed by atoms with E-state index in [1.54, 1.807) is 18.9 Å². The molecule has 2 aromatic carbocycles. The lowest BCUT2D eigenvalue weighted by Gasteiger charge is -2.26. The largest absolute Gasteiger partial charge is 0.470 e. The Labute approximate surface area is 156 Å². The second kappa shape index (κ2) is 8.13. The Morgan fingerprint density at radius 3 is 2.04 bits per heavy atom. The van der Waals surface area contributed by atoms with Gasteiger partial charge in [-0.2, -0.15) is 4.98 Å². The van der Waals surface area contributed by atoms with E-state index >= 15 is 0 Å². The van der Waals surface area contributed by atoms with Crippen LogP contribution in [-0.4, -0.2) is 21.0 Å². The highest BCUT2D eigenvalue weighted by Gasteiger charge is 2.27. The van der Waals surface area contributed by atoms with Crippen LogP contribution in [0.2, 0.25) is 0 Å². The minimum atomic E-state index is -0.547. The molecule has 0 atom stereocenters. The highest BCUT2D eigenvalue weighted by atomic mass is 16.6. The molecule has 0 aliphatic rings. The molecule has 0 amide bonds. The van der Waals surface area contributed by atoms with E-state index in [1.165, 1.54) is 6.33 Å². The molecule has 8 nitrogen and oxygen atoms in total. The van der Waals surface area contributed by atoms with E-state index in [-0.39, 0.29) is 23.5 Å². The van der Waals surface area contributed by atoms with E-state index in [0.717, 1.165) is 11.4 Å². The van der Waals surface area contributed by atoms with Gasteiger partial charge in [0.05, 0.1) is 22.4 Å². The third-order valence-electron chi connectivity index (χ3n) is 3.57. The molecule has 1 N–H and O–H groups in total. The minimum absolute atomic E-state index is 0.0401. The summed E-state index contributed by atoms with van der Waals surface area (Å²) in [4.78, 5) is 19.1. The molecule has 3 rings (SSSR count). The van der Waals surface area contributed by atoms with Crippen molar-refractivity contribution in [3.63, 3.8) is 0 Å². The Hall–Kier alpha value is -3.68. The molecule has 1 aromatic heterocycles. The topological polar surface area (TPSA) is 93.4 Å². The molecule has 138 valence electrons. The quantitative estimate of drug-likeness (QED) is 0.492. The van der Waals surface area contributed by atoms with Gasteiger partial charge in [0, 0.05) is 0 Å². The summed E-state index contributed by atoms with van der Waals surface area (Å²) < 4.78 is 5.49. The molecule has 8 heteroatoms. The zero-order valence-electron chi connectivity index (χ0n) is 14.9. The molecule has 27 heavy (non-hydrogen) atoms. The highest BCUT2D eigenvalue weighted by molar-refractivity contribution is 5.71. The SMILES string of the molecule is CC(C)Oc1ncnc(NN(c2ccccc2)c2ccccc2)c1[N+](=O)[O-]. The fourth-order valence-corrected chi connectivity index (χ4v) is 2.46. The van der Waals surface area contributed by atoms with Crippen LogP contribution in [0, 0.1) is 10.1 Å². The van der Waals surface area contributed by atoms with Crippen LogP contribution >= 0.6 is 0 Å². The summed E-state index contributed by atoms with van der Waals surface area (Å²) in [5.41, 5.74) is 4.31. The first-order valence-electron chi connectivity index (χ1n) is 8.39. The Morgan fingerprint density at radius 2 is 1.56 bits per heavy atom. The van der Waals surface area contributed by atoms with Gasteiger partial charge >= 0.3 is 5.69 Å². The molecule has 0 unspecified atom stereocenters. The van der Waals surface area contributed by atoms with Gasteiger partial charge in [-0.3, -0.25) is 20.5 Å². The fourth-order valence-electron chi connectivity index (χ4n) is 2.46. The van der Waals surface area contributed by atoms with Crippen molar-refractivity contribution in [2.75, 3.05) is 10.4 Å². The Balaban J connectivity index is 2.05. The van der Waals surface area contributed by atoms with E-state index in [1.807, 2.05) is 60.7 Å². The van der Waals surface area contributed by atoms with Crippen LogP contribution in [0.25, 0.3) is 0 Å². The molecule has 0 saturated heterocycles. The molecule has 0 fully saturated rings. The molecule has 0 aliphatic carbocycles. The average Bonchev–Trinajstić information content (AvgIpc) is 2.67. The summed E-state index contributed by atoms with van der Waals surface area (Å²) in [7, 11) is 0. The predicted octanol–water partition coefficient (Wildman–Crippen LogP) is 4.34. The number of nitro groups is 1. The Kier molecular flexibility index (Phi) is 5.46. The Morgan fingerprint density at radius 1 is 1.00 bits per heavy atom. The van der Waals surface area contributed by atoms with Crippen molar-refractivity contribution in [2.45, 2.75) is 20.0 Å². The van der Waals surface area contributed by atoms with Gasteiger partial charge in [0.1, 0.15) is 6.33 Å². The molecule has 0 radical (unpaired) electrons. The van der Waals surface area contributed by atoms with Crippen molar-refractivity contribution in [3.8, 4) is 5.88 Å². The van der Waals surface area contributed by atoms with E-state index in [9.17, 15) is 10.1 Å². The third-order valence-corrected chi connectivity index (χ3v) is 3.57. The number of anilines is 3. The number of nitrogens with one attached hydrogen (secondary N) is 1. The summed E-state index contributed by atoms with van der Waals surface area (Å²) >= 11 is 0. The second-order valence-electron chi connectivity index (χ2n) is 5.92. The van der Waals surface area contributed by atoms with Crippen LogP contribution in [-0.2, 0) is 0 Å². The van der Waals surface area contributed by atoms with Crippen LogP contribution in [0.4, 0.5) is 22.9 Å². The summed E-state index contributed by atoms with van der Waals surface area (Å²) in [6.45, 7) is 3.55. The van der Waals surface area contributed by atoms with Crippen molar-refractivity contribution in [2.24, 2.45) is 0 Å². The zero-order chi connectivity index (χ0) is 19.2. The third kappa shape index (κ3) is 4.30. The second-order valence-corrected chi connectivity index (χ2v) is 5.92. The molecule has 1 heterocycles. The lowest BCUT2D eigenvalue weighted by atomic mass is 10.2. The number of ether oxygens (including phenoxy) is 1. The van der Waals surface area contributed by atoms with Crippen molar-refractivity contribution < 1.29 is 9.66 Å². The van der Waals surface area contributed by atoms with E-state index < -0.39 is 4.92 Å². The van der Waals surface area contributed by atoms with Gasteiger partial charge in [0.15, 0.2) is 0 Å². The highest BCUT2D eigenvalue weighted by Crippen LogP contribution is 2.34. The van der Waals surface area contributed by atoms with Crippen molar-refractivity contribution in [1.29, 1.82) is 0 Å². The Bertz CT molecular complexity index is 864. The maximum Gasteiger partial charge on any atom is 0.374 e. The minimum Gasteiger partial charge on any atom is -0.470 e. The van der Waals surface area contributed by atoms with E-state index in [0.29, 0.717) is 0 Å².